The molecule has 7 nitrogen and oxygen atoms in total. The zero-order chi connectivity index (χ0) is 13.8. The lowest BCUT2D eigenvalue weighted by molar-refractivity contribution is -0.138. The van der Waals surface area contributed by atoms with Crippen LogP contribution in [-0.2, 0) is 15.8 Å². The van der Waals surface area contributed by atoms with Gasteiger partial charge in [-0.05, 0) is 24.1 Å². The predicted molar refractivity (Wildman–Crippen MR) is 63.3 cm³/mol. The summed E-state index contributed by atoms with van der Waals surface area (Å²) in [7, 11) is -4.20. The number of carbonyl (C=O) groups is 1. The summed E-state index contributed by atoms with van der Waals surface area (Å²) in [5, 5.41) is 8.64. The number of ether oxygens (including phenoxy) is 1. The van der Waals surface area contributed by atoms with E-state index in [0.29, 0.717) is 11.3 Å². The molecule has 100 valence electrons. The average molecular weight is 275 g/mol. The van der Waals surface area contributed by atoms with E-state index in [1.807, 2.05) is 0 Å². The van der Waals surface area contributed by atoms with Crippen LogP contribution in [0.1, 0.15) is 5.56 Å². The number of benzene rings is 1. The largest absolute Gasteiger partial charge is 0.481 e. The van der Waals surface area contributed by atoms with Crippen LogP contribution in [0.25, 0.3) is 0 Å². The molecule has 1 aromatic carbocycles. The number of carboxylic acid groups (broad SMARTS) is 1. The summed E-state index contributed by atoms with van der Waals surface area (Å²) >= 11 is 0. The maximum absolute atomic E-state index is 10.6. The highest BCUT2D eigenvalue weighted by molar-refractivity contribution is 7.51. The molecule has 8 heteroatoms. The van der Waals surface area contributed by atoms with Crippen molar-refractivity contribution in [2.45, 2.75) is 12.5 Å². The third-order valence-electron chi connectivity index (χ3n) is 2.10. The first-order valence-corrected chi connectivity index (χ1v) is 6.82. The van der Waals surface area contributed by atoms with Crippen molar-refractivity contribution in [2.24, 2.45) is 5.73 Å². The predicted octanol–water partition coefficient (Wildman–Crippen LogP) is 0.155. The smallest absolute Gasteiger partial charge is 0.362 e. The van der Waals surface area contributed by atoms with E-state index in [1.54, 1.807) is 12.1 Å². The molecule has 0 heterocycles. The lowest BCUT2D eigenvalue weighted by atomic mass is 10.1. The van der Waals surface area contributed by atoms with E-state index < -0.39 is 26.0 Å². The van der Waals surface area contributed by atoms with Crippen molar-refractivity contribution in [3.63, 3.8) is 0 Å². The molecule has 0 saturated carbocycles. The van der Waals surface area contributed by atoms with E-state index in [4.69, 9.17) is 25.4 Å². The second-order valence-electron chi connectivity index (χ2n) is 3.73. The van der Waals surface area contributed by atoms with Crippen molar-refractivity contribution < 1.29 is 29.0 Å². The molecule has 5 N–H and O–H groups in total. The molecule has 0 saturated heterocycles. The number of hydrogen-bond acceptors (Lipinski definition) is 4. The molecule has 1 rings (SSSR count). The van der Waals surface area contributed by atoms with Gasteiger partial charge in [0.15, 0.2) is 6.35 Å². The van der Waals surface area contributed by atoms with Crippen LogP contribution in [0.4, 0.5) is 0 Å². The molecule has 1 atom stereocenters. The maximum Gasteiger partial charge on any atom is 0.362 e. The molecule has 0 aromatic heterocycles. The fourth-order valence-electron chi connectivity index (χ4n) is 1.22. The van der Waals surface area contributed by atoms with Crippen molar-refractivity contribution in [3.8, 4) is 5.75 Å². The quantitative estimate of drug-likeness (QED) is 0.544. The summed E-state index contributed by atoms with van der Waals surface area (Å²) in [6, 6.07) is 5.21. The Hall–Kier alpha value is -1.40. The molecular formula is C10H14NO6P. The van der Waals surface area contributed by atoms with Crippen LogP contribution in [0.2, 0.25) is 0 Å². The molecule has 0 bridgehead atoms. The molecule has 0 aliphatic carbocycles. The van der Waals surface area contributed by atoms with Gasteiger partial charge in [0.2, 0.25) is 0 Å². The average Bonchev–Trinajstić information content (AvgIpc) is 2.27. The van der Waals surface area contributed by atoms with Gasteiger partial charge in [0, 0.05) is 0 Å². The van der Waals surface area contributed by atoms with Gasteiger partial charge in [-0.15, -0.1) is 0 Å². The van der Waals surface area contributed by atoms with Gasteiger partial charge in [-0.1, -0.05) is 12.1 Å². The van der Waals surface area contributed by atoms with E-state index in [0.717, 1.165) is 0 Å². The fraction of sp³-hybridized carbons (Fsp3) is 0.300. The highest BCUT2D eigenvalue weighted by Crippen LogP contribution is 2.34. The zero-order valence-electron chi connectivity index (χ0n) is 9.39. The Bertz CT molecular complexity index is 454. The Morgan fingerprint density at radius 2 is 1.89 bits per heavy atom. The van der Waals surface area contributed by atoms with Gasteiger partial charge in [-0.2, -0.15) is 0 Å². The third kappa shape index (κ3) is 5.29. The number of hydrogen-bond donors (Lipinski definition) is 4. The summed E-state index contributed by atoms with van der Waals surface area (Å²) < 4.78 is 15.4. The topological polar surface area (TPSA) is 130 Å². The second-order valence-corrected chi connectivity index (χ2v) is 5.32. The molecule has 0 unspecified atom stereocenters. The maximum atomic E-state index is 10.6. The Morgan fingerprint density at radius 1 is 1.33 bits per heavy atom. The summed E-state index contributed by atoms with van der Waals surface area (Å²) in [6.45, 7) is 0. The van der Waals surface area contributed by atoms with Crippen LogP contribution >= 0.6 is 7.60 Å². The van der Waals surface area contributed by atoms with Gasteiger partial charge in [0.1, 0.15) is 11.8 Å². The third-order valence-corrected chi connectivity index (χ3v) is 2.56. The van der Waals surface area contributed by atoms with Crippen molar-refractivity contribution in [1.29, 1.82) is 0 Å². The molecule has 1 aromatic rings. The monoisotopic (exact) mass is 275 g/mol. The molecule has 0 radical (unpaired) electrons. The highest BCUT2D eigenvalue weighted by atomic mass is 31.2. The van der Waals surface area contributed by atoms with Gasteiger partial charge < -0.3 is 25.4 Å². The fourth-order valence-corrected chi connectivity index (χ4v) is 1.54. The van der Waals surface area contributed by atoms with E-state index >= 15 is 0 Å². The minimum absolute atomic E-state index is 0.175. The molecule has 0 aliphatic heterocycles. The Labute approximate surface area is 103 Å². The van der Waals surface area contributed by atoms with Crippen LogP contribution in [0, 0.1) is 0 Å². The van der Waals surface area contributed by atoms with Gasteiger partial charge >= 0.3 is 13.6 Å². The van der Waals surface area contributed by atoms with Crippen LogP contribution in [0.3, 0.4) is 0 Å². The van der Waals surface area contributed by atoms with Crippen molar-refractivity contribution in [2.75, 3.05) is 6.35 Å². The summed E-state index contributed by atoms with van der Waals surface area (Å²) in [5.41, 5.74) is 6.07. The van der Waals surface area contributed by atoms with Gasteiger partial charge in [0.05, 0.1) is 0 Å². The van der Waals surface area contributed by atoms with E-state index in [9.17, 15) is 9.36 Å². The summed E-state index contributed by atoms with van der Waals surface area (Å²) in [6.07, 6.45) is -0.519. The minimum atomic E-state index is -4.20. The molecule has 18 heavy (non-hydrogen) atoms. The van der Waals surface area contributed by atoms with Crippen LogP contribution in [-0.4, -0.2) is 33.3 Å². The number of rotatable bonds is 6. The first kappa shape index (κ1) is 14.7. The van der Waals surface area contributed by atoms with Crippen molar-refractivity contribution in [1.82, 2.24) is 0 Å². The normalized spacial score (nSPS) is 13.1. The molecule has 0 amide bonds. The minimum Gasteiger partial charge on any atom is -0.481 e. The van der Waals surface area contributed by atoms with Crippen LogP contribution in [0.5, 0.6) is 5.75 Å². The van der Waals surface area contributed by atoms with Crippen LogP contribution < -0.4 is 10.5 Å². The van der Waals surface area contributed by atoms with E-state index in [1.165, 1.54) is 12.1 Å². The van der Waals surface area contributed by atoms with Gasteiger partial charge in [0.25, 0.3) is 0 Å². The first-order chi connectivity index (χ1) is 8.28. The first-order valence-electron chi connectivity index (χ1n) is 5.02. The van der Waals surface area contributed by atoms with Crippen molar-refractivity contribution in [3.05, 3.63) is 29.8 Å². The standard InChI is InChI=1S/C10H14NO6P/c11-9(10(12)13)5-7-1-3-8(4-2-7)17-6-18(14,15)16/h1-4,9H,5-6,11H2,(H,12,13)(H2,14,15,16)/t9-/m1/s1. The lowest BCUT2D eigenvalue weighted by Gasteiger charge is -2.09. The molecular weight excluding hydrogens is 261 g/mol. The Kier molecular flexibility index (Phi) is 4.86. The molecule has 0 fully saturated rings. The lowest BCUT2D eigenvalue weighted by Crippen LogP contribution is -2.32. The van der Waals surface area contributed by atoms with Gasteiger partial charge in [-0.3, -0.25) is 9.36 Å². The number of carboxylic acids is 1. The second kappa shape index (κ2) is 5.97. The molecule has 0 aliphatic rings. The number of nitrogens with two attached hydrogens (primary N) is 1. The van der Waals surface area contributed by atoms with E-state index in [2.05, 4.69) is 0 Å². The zero-order valence-corrected chi connectivity index (χ0v) is 10.3. The number of aliphatic carboxylic acids is 1. The highest BCUT2D eigenvalue weighted by Gasteiger charge is 2.14. The summed E-state index contributed by atoms with van der Waals surface area (Å²) in [4.78, 5) is 27.8. The van der Waals surface area contributed by atoms with Crippen LogP contribution in [0.15, 0.2) is 24.3 Å². The van der Waals surface area contributed by atoms with Crippen molar-refractivity contribution >= 4 is 13.6 Å². The molecule has 0 spiro atoms. The summed E-state index contributed by atoms with van der Waals surface area (Å²) in [5.74, 6) is -0.789. The Morgan fingerprint density at radius 3 is 2.33 bits per heavy atom. The van der Waals surface area contributed by atoms with E-state index in [-0.39, 0.29) is 6.42 Å². The van der Waals surface area contributed by atoms with Gasteiger partial charge in [-0.25, -0.2) is 0 Å². The SMILES string of the molecule is N[C@H](Cc1ccc(OCP(=O)(O)O)cc1)C(=O)O. The Balaban J connectivity index is 2.57.